The first kappa shape index (κ1) is 16.0. The van der Waals surface area contributed by atoms with Gasteiger partial charge in [-0.25, -0.2) is 0 Å². The van der Waals surface area contributed by atoms with Crippen LogP contribution in [-0.4, -0.2) is 23.9 Å². The lowest BCUT2D eigenvalue weighted by atomic mass is 10.1. The highest BCUT2D eigenvalue weighted by Gasteiger charge is 1.99. The summed E-state index contributed by atoms with van der Waals surface area (Å²) in [6.07, 6.45) is 7.85. The molecule has 0 fully saturated rings. The largest absolute Gasteiger partial charge is 0.545 e. The molecule has 0 unspecified atom stereocenters. The fraction of sp³-hybridized carbons (Fsp3) is 0.667. The van der Waals surface area contributed by atoms with Gasteiger partial charge < -0.3 is 19.8 Å². The first-order chi connectivity index (χ1) is 8.07. The van der Waals surface area contributed by atoms with Crippen molar-refractivity contribution in [3.05, 3.63) is 11.6 Å². The molecule has 0 aromatic carbocycles. The lowest BCUT2D eigenvalue weighted by Gasteiger charge is -2.09. The fourth-order valence-electron chi connectivity index (χ4n) is 1.47. The van der Waals surface area contributed by atoms with Crippen molar-refractivity contribution >= 4 is 23.7 Å². The van der Waals surface area contributed by atoms with Crippen LogP contribution in [0.25, 0.3) is 0 Å². The van der Waals surface area contributed by atoms with E-state index in [1.165, 1.54) is 6.42 Å². The van der Waals surface area contributed by atoms with Crippen molar-refractivity contribution in [2.24, 2.45) is 0 Å². The summed E-state index contributed by atoms with van der Waals surface area (Å²) in [5.74, 6) is -1.75. The van der Waals surface area contributed by atoms with Crippen LogP contribution in [0, 0.1) is 0 Å². The molecule has 0 spiro atoms. The number of aliphatic carboxylic acids is 2. The standard InChI is InChI=1S/C12H20O4S/c1-17-8-6-4-2-3-5-7-10(12(15)16)9-11(13)14/h9H,2-8H2,1H3,(H,13,14)(H,15,16)/p-2/b10-9-. The SMILES string of the molecule is CSCCCCCCC/C(=C/C(=O)[O-])C(=O)[O-]. The molecule has 0 heterocycles. The molecule has 0 atom stereocenters. The Balaban J connectivity index is 3.70. The van der Waals surface area contributed by atoms with Crippen molar-refractivity contribution in [2.45, 2.75) is 38.5 Å². The molecule has 0 amide bonds. The van der Waals surface area contributed by atoms with Crippen LogP contribution >= 0.6 is 11.8 Å². The van der Waals surface area contributed by atoms with Gasteiger partial charge in [0.05, 0.1) is 11.9 Å². The monoisotopic (exact) mass is 258 g/mol. The molecule has 0 saturated carbocycles. The number of hydrogen-bond donors (Lipinski definition) is 0. The van der Waals surface area contributed by atoms with E-state index in [1.807, 2.05) is 11.8 Å². The van der Waals surface area contributed by atoms with Gasteiger partial charge in [0.15, 0.2) is 0 Å². The van der Waals surface area contributed by atoms with Crippen molar-refractivity contribution in [2.75, 3.05) is 12.0 Å². The number of hydrogen-bond acceptors (Lipinski definition) is 5. The highest BCUT2D eigenvalue weighted by Crippen LogP contribution is 2.11. The number of unbranched alkanes of at least 4 members (excludes halogenated alkanes) is 4. The summed E-state index contributed by atoms with van der Waals surface area (Å²) in [7, 11) is 0. The van der Waals surface area contributed by atoms with E-state index < -0.39 is 11.9 Å². The summed E-state index contributed by atoms with van der Waals surface area (Å²) in [4.78, 5) is 20.8. The molecular formula is C12H18O4S-2. The minimum atomic E-state index is -1.48. The van der Waals surface area contributed by atoms with E-state index in [9.17, 15) is 19.8 Å². The van der Waals surface area contributed by atoms with Gasteiger partial charge in [-0.15, -0.1) is 0 Å². The highest BCUT2D eigenvalue weighted by atomic mass is 32.2. The molecule has 0 aromatic heterocycles. The van der Waals surface area contributed by atoms with Gasteiger partial charge in [0.1, 0.15) is 0 Å². The summed E-state index contributed by atoms with van der Waals surface area (Å²) in [6.45, 7) is 0. The van der Waals surface area contributed by atoms with Gasteiger partial charge >= 0.3 is 0 Å². The Morgan fingerprint density at radius 2 is 1.65 bits per heavy atom. The minimum Gasteiger partial charge on any atom is -0.545 e. The Bertz CT molecular complexity index is 274. The van der Waals surface area contributed by atoms with E-state index in [2.05, 4.69) is 6.26 Å². The average Bonchev–Trinajstić information content (AvgIpc) is 2.25. The molecule has 0 aliphatic heterocycles. The summed E-state index contributed by atoms with van der Waals surface area (Å²) in [5.41, 5.74) is -0.186. The first-order valence-corrected chi connectivity index (χ1v) is 7.09. The Hall–Kier alpha value is -0.970. The summed E-state index contributed by atoms with van der Waals surface area (Å²) < 4.78 is 0. The molecule has 0 bridgehead atoms. The lowest BCUT2D eigenvalue weighted by molar-refractivity contribution is -0.303. The van der Waals surface area contributed by atoms with Crippen LogP contribution < -0.4 is 10.2 Å². The van der Waals surface area contributed by atoms with Gasteiger partial charge in [-0.2, -0.15) is 11.8 Å². The number of carbonyl (C=O) groups is 2. The summed E-state index contributed by atoms with van der Waals surface area (Å²) in [5, 5.41) is 20.8. The Morgan fingerprint density at radius 1 is 1.06 bits per heavy atom. The highest BCUT2D eigenvalue weighted by molar-refractivity contribution is 7.98. The van der Waals surface area contributed by atoms with Crippen molar-refractivity contribution in [3.8, 4) is 0 Å². The quantitative estimate of drug-likeness (QED) is 0.410. The van der Waals surface area contributed by atoms with Crippen molar-refractivity contribution in [1.82, 2.24) is 0 Å². The molecular weight excluding hydrogens is 240 g/mol. The fourth-order valence-corrected chi connectivity index (χ4v) is 1.96. The molecule has 17 heavy (non-hydrogen) atoms. The van der Waals surface area contributed by atoms with Gasteiger partial charge in [0.25, 0.3) is 0 Å². The maximum atomic E-state index is 10.6. The zero-order valence-corrected chi connectivity index (χ0v) is 10.9. The third kappa shape index (κ3) is 9.93. The third-order valence-electron chi connectivity index (χ3n) is 2.35. The smallest absolute Gasteiger partial charge is 0.0675 e. The Morgan fingerprint density at radius 3 is 2.18 bits per heavy atom. The molecule has 0 aromatic rings. The van der Waals surface area contributed by atoms with Gasteiger partial charge in [-0.1, -0.05) is 19.3 Å². The van der Waals surface area contributed by atoms with Crippen LogP contribution in [0.3, 0.4) is 0 Å². The van der Waals surface area contributed by atoms with Crippen molar-refractivity contribution in [1.29, 1.82) is 0 Å². The normalized spacial score (nSPS) is 11.5. The van der Waals surface area contributed by atoms with E-state index >= 15 is 0 Å². The van der Waals surface area contributed by atoms with Crippen LogP contribution in [0.15, 0.2) is 11.6 Å². The zero-order chi connectivity index (χ0) is 13.1. The van der Waals surface area contributed by atoms with Gasteiger partial charge in [0, 0.05) is 0 Å². The predicted molar refractivity (Wildman–Crippen MR) is 64.2 cm³/mol. The first-order valence-electron chi connectivity index (χ1n) is 5.69. The number of thioether (sulfide) groups is 1. The molecule has 98 valence electrons. The van der Waals surface area contributed by atoms with Crippen LogP contribution in [-0.2, 0) is 9.59 Å². The average molecular weight is 258 g/mol. The van der Waals surface area contributed by atoms with Crippen molar-refractivity contribution in [3.63, 3.8) is 0 Å². The molecule has 0 saturated heterocycles. The maximum Gasteiger partial charge on any atom is 0.0675 e. The maximum absolute atomic E-state index is 10.6. The second kappa shape index (κ2) is 10.2. The number of carboxylic acids is 2. The second-order valence-corrected chi connectivity index (χ2v) is 4.77. The molecule has 5 heteroatoms. The molecule has 0 aliphatic rings. The van der Waals surface area contributed by atoms with E-state index in [1.54, 1.807) is 0 Å². The number of carboxylic acid groups (broad SMARTS) is 2. The van der Waals surface area contributed by atoms with E-state index in [-0.39, 0.29) is 12.0 Å². The summed E-state index contributed by atoms with van der Waals surface area (Å²) >= 11 is 1.81. The molecule has 0 rings (SSSR count). The van der Waals surface area contributed by atoms with Crippen LogP contribution in [0.4, 0.5) is 0 Å². The van der Waals surface area contributed by atoms with Gasteiger partial charge in [-0.05, 0) is 42.9 Å². The van der Waals surface area contributed by atoms with E-state index in [4.69, 9.17) is 0 Å². The molecule has 4 nitrogen and oxygen atoms in total. The third-order valence-corrected chi connectivity index (χ3v) is 3.05. The van der Waals surface area contributed by atoms with E-state index in [0.29, 0.717) is 12.5 Å². The van der Waals surface area contributed by atoms with Crippen LogP contribution in [0.2, 0.25) is 0 Å². The molecule has 0 aliphatic carbocycles. The Labute approximate surface area is 106 Å². The second-order valence-electron chi connectivity index (χ2n) is 3.79. The van der Waals surface area contributed by atoms with Gasteiger partial charge in [0.2, 0.25) is 0 Å². The van der Waals surface area contributed by atoms with Crippen molar-refractivity contribution < 1.29 is 19.8 Å². The minimum absolute atomic E-state index is 0.186. The summed E-state index contributed by atoms with van der Waals surface area (Å²) in [6, 6.07) is 0. The zero-order valence-electron chi connectivity index (χ0n) is 10.1. The predicted octanol–water partition coefficient (Wildman–Crippen LogP) is 0.116. The molecule has 0 radical (unpaired) electrons. The van der Waals surface area contributed by atoms with Crippen LogP contribution in [0.1, 0.15) is 38.5 Å². The van der Waals surface area contributed by atoms with E-state index in [0.717, 1.165) is 25.0 Å². The molecule has 0 N–H and O–H groups in total. The number of carbonyl (C=O) groups excluding carboxylic acids is 2. The lowest BCUT2D eigenvalue weighted by Crippen LogP contribution is -2.27. The van der Waals surface area contributed by atoms with Crippen LogP contribution in [0.5, 0.6) is 0 Å². The Kier molecular flexibility index (Phi) is 9.62. The topological polar surface area (TPSA) is 80.3 Å². The number of rotatable bonds is 10. The van der Waals surface area contributed by atoms with Gasteiger partial charge in [-0.3, -0.25) is 0 Å².